The first-order chi connectivity index (χ1) is 4.63. The van der Waals surface area contributed by atoms with E-state index in [0.717, 1.165) is 13.1 Å². The standard InChI is InChI=1S/C8H17NO/c1-5-9(6-2)8(10)7(3)4/h7H,5-6H2,1-4H3. The fourth-order valence-corrected chi connectivity index (χ4v) is 0.900. The van der Waals surface area contributed by atoms with E-state index in [1.807, 2.05) is 32.6 Å². The summed E-state index contributed by atoms with van der Waals surface area (Å²) in [6.07, 6.45) is 0. The molecule has 0 bridgehead atoms. The predicted octanol–water partition coefficient (Wildman–Crippen LogP) is 1.51. The first kappa shape index (κ1) is 9.47. The molecule has 0 saturated heterocycles. The first-order valence-corrected chi connectivity index (χ1v) is 3.92. The highest BCUT2D eigenvalue weighted by Gasteiger charge is 2.12. The van der Waals surface area contributed by atoms with Gasteiger partial charge in [-0.05, 0) is 13.8 Å². The number of hydrogen-bond acceptors (Lipinski definition) is 1. The summed E-state index contributed by atoms with van der Waals surface area (Å²) < 4.78 is 0. The fraction of sp³-hybridized carbons (Fsp3) is 0.875. The number of carbonyl (C=O) groups excluding carboxylic acids is 1. The summed E-state index contributed by atoms with van der Waals surface area (Å²) in [4.78, 5) is 13.1. The van der Waals surface area contributed by atoms with Crippen LogP contribution in [0, 0.1) is 5.92 Å². The van der Waals surface area contributed by atoms with E-state index in [0.29, 0.717) is 0 Å². The first-order valence-electron chi connectivity index (χ1n) is 3.92. The van der Waals surface area contributed by atoms with Crippen LogP contribution in [0.25, 0.3) is 0 Å². The molecule has 0 spiro atoms. The SMILES string of the molecule is CCN(CC)C(=O)C(C)C. The van der Waals surface area contributed by atoms with Gasteiger partial charge in [0.25, 0.3) is 0 Å². The highest BCUT2D eigenvalue weighted by atomic mass is 16.2. The van der Waals surface area contributed by atoms with E-state index in [2.05, 4.69) is 0 Å². The maximum atomic E-state index is 11.2. The third kappa shape index (κ3) is 2.38. The largest absolute Gasteiger partial charge is 0.343 e. The van der Waals surface area contributed by atoms with Gasteiger partial charge in [0, 0.05) is 19.0 Å². The molecule has 0 saturated carbocycles. The number of rotatable bonds is 3. The summed E-state index contributed by atoms with van der Waals surface area (Å²) in [6, 6.07) is 0. The maximum Gasteiger partial charge on any atom is 0.225 e. The lowest BCUT2D eigenvalue weighted by atomic mass is 10.2. The molecule has 1 amide bonds. The molecular weight excluding hydrogens is 126 g/mol. The van der Waals surface area contributed by atoms with Gasteiger partial charge in [-0.2, -0.15) is 0 Å². The average molecular weight is 143 g/mol. The van der Waals surface area contributed by atoms with Crippen molar-refractivity contribution in [1.29, 1.82) is 0 Å². The zero-order valence-electron chi connectivity index (χ0n) is 7.35. The Morgan fingerprint density at radius 1 is 1.30 bits per heavy atom. The van der Waals surface area contributed by atoms with Gasteiger partial charge in [-0.1, -0.05) is 13.8 Å². The van der Waals surface area contributed by atoms with E-state index >= 15 is 0 Å². The number of nitrogens with zero attached hydrogens (tertiary/aromatic N) is 1. The van der Waals surface area contributed by atoms with E-state index < -0.39 is 0 Å². The molecule has 0 aliphatic rings. The number of amides is 1. The number of hydrogen-bond donors (Lipinski definition) is 0. The molecule has 0 atom stereocenters. The van der Waals surface area contributed by atoms with Crippen molar-refractivity contribution in [1.82, 2.24) is 4.90 Å². The Kier molecular flexibility index (Phi) is 4.08. The predicted molar refractivity (Wildman–Crippen MR) is 42.8 cm³/mol. The van der Waals surface area contributed by atoms with Gasteiger partial charge < -0.3 is 4.90 Å². The summed E-state index contributed by atoms with van der Waals surface area (Å²) in [7, 11) is 0. The van der Waals surface area contributed by atoms with Crippen LogP contribution in [0.1, 0.15) is 27.7 Å². The Morgan fingerprint density at radius 2 is 1.70 bits per heavy atom. The second-order valence-electron chi connectivity index (χ2n) is 2.67. The monoisotopic (exact) mass is 143 g/mol. The van der Waals surface area contributed by atoms with Crippen LogP contribution in [-0.4, -0.2) is 23.9 Å². The smallest absolute Gasteiger partial charge is 0.225 e. The van der Waals surface area contributed by atoms with Gasteiger partial charge in [0.05, 0.1) is 0 Å². The van der Waals surface area contributed by atoms with E-state index in [-0.39, 0.29) is 11.8 Å². The zero-order valence-corrected chi connectivity index (χ0v) is 7.35. The number of carbonyl (C=O) groups is 1. The van der Waals surface area contributed by atoms with Crippen molar-refractivity contribution in [3.05, 3.63) is 0 Å². The quantitative estimate of drug-likeness (QED) is 0.586. The van der Waals surface area contributed by atoms with Crippen molar-refractivity contribution in [3.8, 4) is 0 Å². The minimum absolute atomic E-state index is 0.139. The van der Waals surface area contributed by atoms with Gasteiger partial charge in [0.15, 0.2) is 0 Å². The fourth-order valence-electron chi connectivity index (χ4n) is 0.900. The third-order valence-corrected chi connectivity index (χ3v) is 1.57. The molecule has 0 fully saturated rings. The van der Waals surface area contributed by atoms with Crippen molar-refractivity contribution in [2.75, 3.05) is 13.1 Å². The molecule has 0 aromatic carbocycles. The molecule has 0 N–H and O–H groups in total. The molecule has 0 radical (unpaired) electrons. The van der Waals surface area contributed by atoms with Crippen LogP contribution in [0.3, 0.4) is 0 Å². The minimum Gasteiger partial charge on any atom is -0.343 e. The van der Waals surface area contributed by atoms with Crippen molar-refractivity contribution in [3.63, 3.8) is 0 Å². The van der Waals surface area contributed by atoms with Gasteiger partial charge in [-0.3, -0.25) is 4.79 Å². The third-order valence-electron chi connectivity index (χ3n) is 1.57. The van der Waals surface area contributed by atoms with Crippen LogP contribution in [-0.2, 0) is 4.79 Å². The van der Waals surface area contributed by atoms with Gasteiger partial charge >= 0.3 is 0 Å². The van der Waals surface area contributed by atoms with E-state index in [4.69, 9.17) is 0 Å². The topological polar surface area (TPSA) is 20.3 Å². The van der Waals surface area contributed by atoms with Crippen molar-refractivity contribution in [2.45, 2.75) is 27.7 Å². The van der Waals surface area contributed by atoms with Crippen molar-refractivity contribution >= 4 is 5.91 Å². The van der Waals surface area contributed by atoms with E-state index in [1.54, 1.807) is 0 Å². The van der Waals surface area contributed by atoms with Crippen molar-refractivity contribution < 1.29 is 4.79 Å². The molecule has 0 aromatic rings. The summed E-state index contributed by atoms with van der Waals surface area (Å²) in [5.74, 6) is 0.393. The summed E-state index contributed by atoms with van der Waals surface area (Å²) >= 11 is 0. The molecule has 2 heteroatoms. The van der Waals surface area contributed by atoms with Gasteiger partial charge in [-0.25, -0.2) is 0 Å². The van der Waals surface area contributed by atoms with Crippen LogP contribution in [0.4, 0.5) is 0 Å². The maximum absolute atomic E-state index is 11.2. The molecule has 0 rings (SSSR count). The average Bonchev–Trinajstić information content (AvgIpc) is 1.90. The van der Waals surface area contributed by atoms with Crippen LogP contribution < -0.4 is 0 Å². The highest BCUT2D eigenvalue weighted by Crippen LogP contribution is 1.99. The second kappa shape index (κ2) is 4.31. The lowest BCUT2D eigenvalue weighted by molar-refractivity contribution is -0.134. The second-order valence-corrected chi connectivity index (χ2v) is 2.67. The van der Waals surface area contributed by atoms with E-state index in [9.17, 15) is 4.79 Å². The van der Waals surface area contributed by atoms with Gasteiger partial charge in [0.2, 0.25) is 5.91 Å². The molecule has 0 aliphatic carbocycles. The molecule has 10 heavy (non-hydrogen) atoms. The molecule has 0 aromatic heterocycles. The summed E-state index contributed by atoms with van der Waals surface area (Å²) in [6.45, 7) is 9.52. The summed E-state index contributed by atoms with van der Waals surface area (Å²) in [5, 5.41) is 0. The molecule has 0 unspecified atom stereocenters. The highest BCUT2D eigenvalue weighted by molar-refractivity contribution is 5.77. The van der Waals surface area contributed by atoms with Crippen LogP contribution >= 0.6 is 0 Å². The normalized spacial score (nSPS) is 10.1. The molecule has 0 aliphatic heterocycles. The lowest BCUT2D eigenvalue weighted by Gasteiger charge is -2.20. The minimum atomic E-state index is 0.139. The van der Waals surface area contributed by atoms with Crippen LogP contribution in [0.15, 0.2) is 0 Å². The lowest BCUT2D eigenvalue weighted by Crippen LogP contribution is -2.33. The Bertz CT molecular complexity index is 106. The Balaban J connectivity index is 3.89. The molecule has 2 nitrogen and oxygen atoms in total. The van der Waals surface area contributed by atoms with Gasteiger partial charge in [0.1, 0.15) is 0 Å². The Morgan fingerprint density at radius 3 is 1.80 bits per heavy atom. The van der Waals surface area contributed by atoms with Crippen LogP contribution in [0.2, 0.25) is 0 Å². The van der Waals surface area contributed by atoms with Crippen molar-refractivity contribution in [2.24, 2.45) is 5.92 Å². The van der Waals surface area contributed by atoms with E-state index in [1.165, 1.54) is 0 Å². The molecule has 60 valence electrons. The Labute approximate surface area is 63.2 Å². The summed E-state index contributed by atoms with van der Waals surface area (Å²) in [5.41, 5.74) is 0. The van der Waals surface area contributed by atoms with Gasteiger partial charge in [-0.15, -0.1) is 0 Å². The zero-order chi connectivity index (χ0) is 8.15. The molecule has 0 heterocycles. The molecular formula is C8H17NO. The Hall–Kier alpha value is -0.530. The van der Waals surface area contributed by atoms with Crippen LogP contribution in [0.5, 0.6) is 0 Å².